The van der Waals surface area contributed by atoms with Crippen LogP contribution < -0.4 is 5.73 Å². The monoisotopic (exact) mass is 154 g/mol. The highest BCUT2D eigenvalue weighted by Crippen LogP contribution is 2.39. The Morgan fingerprint density at radius 1 is 1.55 bits per heavy atom. The first-order valence-electron chi connectivity index (χ1n) is 4.65. The zero-order valence-electron chi connectivity index (χ0n) is 7.51. The van der Waals surface area contributed by atoms with Gasteiger partial charge in [-0.3, -0.25) is 4.90 Å². The third kappa shape index (κ3) is 1.09. The summed E-state index contributed by atoms with van der Waals surface area (Å²) in [6, 6.07) is 1.49. The van der Waals surface area contributed by atoms with E-state index in [1.54, 1.807) is 0 Å². The summed E-state index contributed by atoms with van der Waals surface area (Å²) in [4.78, 5) is 2.56. The van der Waals surface area contributed by atoms with Crippen LogP contribution in [0.4, 0.5) is 0 Å². The molecule has 2 nitrogen and oxygen atoms in total. The topological polar surface area (TPSA) is 29.3 Å². The fourth-order valence-electron chi connectivity index (χ4n) is 2.65. The second-order valence-corrected chi connectivity index (χ2v) is 4.53. The van der Waals surface area contributed by atoms with Gasteiger partial charge in [0.2, 0.25) is 0 Å². The Bertz CT molecular complexity index is 167. The van der Waals surface area contributed by atoms with Crippen LogP contribution >= 0.6 is 0 Å². The van der Waals surface area contributed by atoms with Crippen LogP contribution in [0, 0.1) is 0 Å². The van der Waals surface area contributed by atoms with E-state index in [1.165, 1.54) is 19.3 Å². The number of hydrogen-bond donors (Lipinski definition) is 1. The minimum absolute atomic E-state index is 0.189. The van der Waals surface area contributed by atoms with Crippen LogP contribution in [0.1, 0.15) is 33.1 Å². The number of hydrogen-bond acceptors (Lipinski definition) is 2. The zero-order chi connectivity index (χ0) is 8.06. The van der Waals surface area contributed by atoms with Crippen molar-refractivity contribution >= 4 is 0 Å². The first-order chi connectivity index (χ1) is 5.11. The summed E-state index contributed by atoms with van der Waals surface area (Å²) in [6.07, 6.45) is 3.82. The van der Waals surface area contributed by atoms with Crippen molar-refractivity contribution in [1.82, 2.24) is 4.90 Å². The lowest BCUT2D eigenvalue weighted by Gasteiger charge is -2.33. The summed E-state index contributed by atoms with van der Waals surface area (Å²) in [5, 5.41) is 0. The first-order valence-corrected chi connectivity index (χ1v) is 4.65. The fraction of sp³-hybridized carbons (Fsp3) is 1.00. The van der Waals surface area contributed by atoms with E-state index in [1.807, 2.05) is 0 Å². The Labute approximate surface area is 68.7 Å². The molecule has 0 aromatic heterocycles. The van der Waals surface area contributed by atoms with Crippen LogP contribution in [0.2, 0.25) is 0 Å². The number of fused-ring (bicyclic) bond motifs is 2. The normalized spacial score (nSPS) is 44.2. The van der Waals surface area contributed by atoms with Gasteiger partial charge in [-0.05, 0) is 33.1 Å². The number of nitrogens with two attached hydrogens (primary N) is 1. The number of piperidine rings is 1. The Kier molecular flexibility index (Phi) is 1.52. The van der Waals surface area contributed by atoms with Crippen molar-refractivity contribution in [3.63, 3.8) is 0 Å². The van der Waals surface area contributed by atoms with Crippen LogP contribution in [0.3, 0.4) is 0 Å². The van der Waals surface area contributed by atoms with Crippen LogP contribution in [-0.2, 0) is 0 Å². The van der Waals surface area contributed by atoms with Crippen molar-refractivity contribution in [2.24, 2.45) is 5.73 Å². The summed E-state index contributed by atoms with van der Waals surface area (Å²) >= 11 is 0. The maximum absolute atomic E-state index is 6.19. The van der Waals surface area contributed by atoms with Gasteiger partial charge < -0.3 is 5.73 Å². The molecule has 2 bridgehead atoms. The van der Waals surface area contributed by atoms with Gasteiger partial charge in [-0.1, -0.05) is 0 Å². The van der Waals surface area contributed by atoms with Gasteiger partial charge in [-0.2, -0.15) is 0 Å². The third-order valence-corrected chi connectivity index (χ3v) is 3.25. The molecule has 64 valence electrons. The molecule has 1 aliphatic carbocycles. The number of nitrogens with zero attached hydrogens (tertiary/aromatic N) is 1. The molecule has 0 radical (unpaired) electrons. The summed E-state index contributed by atoms with van der Waals surface area (Å²) in [5.41, 5.74) is 6.38. The Morgan fingerprint density at radius 3 is 2.55 bits per heavy atom. The number of likely N-dealkylation sites (tertiary alicyclic amines) is 1. The molecule has 0 unspecified atom stereocenters. The SMILES string of the molecule is CC(C)N1C[C@@]2(N)CC[C@H]1C2. The average Bonchev–Trinajstić information content (AvgIpc) is 2.41. The molecule has 1 heterocycles. The van der Waals surface area contributed by atoms with Crippen molar-refractivity contribution in [3.8, 4) is 0 Å². The molecule has 2 fully saturated rings. The summed E-state index contributed by atoms with van der Waals surface area (Å²) in [7, 11) is 0. The van der Waals surface area contributed by atoms with Crippen LogP contribution in [-0.4, -0.2) is 29.1 Å². The molecule has 11 heavy (non-hydrogen) atoms. The molecular weight excluding hydrogens is 136 g/mol. The van der Waals surface area contributed by atoms with Gasteiger partial charge in [-0.15, -0.1) is 0 Å². The van der Waals surface area contributed by atoms with Crippen LogP contribution in [0.15, 0.2) is 0 Å². The zero-order valence-corrected chi connectivity index (χ0v) is 7.51. The molecule has 2 N–H and O–H groups in total. The van der Waals surface area contributed by atoms with E-state index >= 15 is 0 Å². The molecule has 0 aromatic rings. The van der Waals surface area contributed by atoms with E-state index in [0.717, 1.165) is 12.6 Å². The van der Waals surface area contributed by atoms with Crippen LogP contribution in [0.25, 0.3) is 0 Å². The van der Waals surface area contributed by atoms with Gasteiger partial charge in [0, 0.05) is 24.2 Å². The molecule has 1 saturated heterocycles. The standard InChI is InChI=1S/C9H18N2/c1-7(2)11-6-9(10)4-3-8(11)5-9/h7-8H,3-6,10H2,1-2H3/t8-,9+/m0/s1. The maximum Gasteiger partial charge on any atom is 0.0299 e. The molecule has 2 aliphatic rings. The lowest BCUT2D eigenvalue weighted by Crippen LogP contribution is -2.46. The maximum atomic E-state index is 6.19. The Hall–Kier alpha value is -0.0800. The minimum atomic E-state index is 0.189. The highest BCUT2D eigenvalue weighted by atomic mass is 15.2. The molecule has 1 aliphatic heterocycles. The Morgan fingerprint density at radius 2 is 2.27 bits per heavy atom. The molecule has 1 saturated carbocycles. The molecule has 2 rings (SSSR count). The van der Waals surface area contributed by atoms with Crippen molar-refractivity contribution in [3.05, 3.63) is 0 Å². The third-order valence-electron chi connectivity index (χ3n) is 3.25. The highest BCUT2D eigenvalue weighted by molar-refractivity contribution is 5.06. The van der Waals surface area contributed by atoms with Crippen molar-refractivity contribution in [2.75, 3.05) is 6.54 Å². The van der Waals surface area contributed by atoms with Crippen LogP contribution in [0.5, 0.6) is 0 Å². The van der Waals surface area contributed by atoms with E-state index in [2.05, 4.69) is 18.7 Å². The van der Waals surface area contributed by atoms with Crippen molar-refractivity contribution in [1.29, 1.82) is 0 Å². The molecule has 0 spiro atoms. The van der Waals surface area contributed by atoms with Gasteiger partial charge in [0.25, 0.3) is 0 Å². The van der Waals surface area contributed by atoms with E-state index in [-0.39, 0.29) is 5.54 Å². The predicted octanol–water partition coefficient (Wildman–Crippen LogP) is 0.960. The minimum Gasteiger partial charge on any atom is -0.324 e. The second-order valence-electron chi connectivity index (χ2n) is 4.53. The smallest absolute Gasteiger partial charge is 0.0299 e. The summed E-state index contributed by atoms with van der Waals surface area (Å²) < 4.78 is 0. The highest BCUT2D eigenvalue weighted by Gasteiger charge is 2.47. The largest absolute Gasteiger partial charge is 0.324 e. The van der Waals surface area contributed by atoms with Gasteiger partial charge in [-0.25, -0.2) is 0 Å². The molecule has 2 atom stereocenters. The van der Waals surface area contributed by atoms with E-state index in [0.29, 0.717) is 6.04 Å². The van der Waals surface area contributed by atoms with E-state index < -0.39 is 0 Å². The van der Waals surface area contributed by atoms with Crippen molar-refractivity contribution in [2.45, 2.75) is 50.7 Å². The molecule has 2 heteroatoms. The predicted molar refractivity (Wildman–Crippen MR) is 46.4 cm³/mol. The van der Waals surface area contributed by atoms with E-state index in [9.17, 15) is 0 Å². The van der Waals surface area contributed by atoms with Gasteiger partial charge in [0.15, 0.2) is 0 Å². The quantitative estimate of drug-likeness (QED) is 0.609. The fourth-order valence-corrected chi connectivity index (χ4v) is 2.65. The van der Waals surface area contributed by atoms with Crippen molar-refractivity contribution < 1.29 is 0 Å². The lowest BCUT2D eigenvalue weighted by atomic mass is 10.0. The molecule has 0 amide bonds. The Balaban J connectivity index is 2.10. The summed E-state index contributed by atoms with van der Waals surface area (Å²) in [5.74, 6) is 0. The van der Waals surface area contributed by atoms with Gasteiger partial charge in [0.05, 0.1) is 0 Å². The lowest BCUT2D eigenvalue weighted by molar-refractivity contribution is 0.162. The molecular formula is C9H18N2. The number of rotatable bonds is 1. The van der Waals surface area contributed by atoms with E-state index in [4.69, 9.17) is 5.73 Å². The average molecular weight is 154 g/mol. The van der Waals surface area contributed by atoms with Gasteiger partial charge >= 0.3 is 0 Å². The van der Waals surface area contributed by atoms with Gasteiger partial charge in [0.1, 0.15) is 0 Å². The molecule has 0 aromatic carbocycles. The first kappa shape index (κ1) is 7.56. The summed E-state index contributed by atoms with van der Waals surface area (Å²) in [6.45, 7) is 5.67. The second kappa shape index (κ2) is 2.20.